The lowest BCUT2D eigenvalue weighted by Crippen LogP contribution is -2.24. The van der Waals surface area contributed by atoms with E-state index in [2.05, 4.69) is 12.2 Å². The van der Waals surface area contributed by atoms with Crippen molar-refractivity contribution >= 4 is 5.78 Å². The predicted octanol–water partition coefficient (Wildman–Crippen LogP) is 2.71. The number of hydrogen-bond acceptors (Lipinski definition) is 1. The largest absolute Gasteiger partial charge is 0.299 e. The minimum Gasteiger partial charge on any atom is -0.299 e. The molecule has 2 aliphatic carbocycles. The standard InChI is InChI=1S/C11H16O/c12-11-8-4-3-7-10(11)9-5-1-2-6-9/h1,5,9-10H,2-4,6-8H2. The van der Waals surface area contributed by atoms with Crippen LogP contribution in [-0.2, 0) is 4.79 Å². The second-order valence-corrected chi connectivity index (χ2v) is 3.99. The highest BCUT2D eigenvalue weighted by Crippen LogP contribution is 2.33. The number of carbonyl (C=O) groups excluding carboxylic acids is 1. The van der Waals surface area contributed by atoms with E-state index in [4.69, 9.17) is 0 Å². The quantitative estimate of drug-likeness (QED) is 0.544. The minimum atomic E-state index is 0.387. The van der Waals surface area contributed by atoms with Crippen molar-refractivity contribution in [1.29, 1.82) is 0 Å². The smallest absolute Gasteiger partial charge is 0.136 e. The first kappa shape index (κ1) is 8.03. The third-order valence-electron chi connectivity index (χ3n) is 3.17. The van der Waals surface area contributed by atoms with Crippen molar-refractivity contribution in [2.24, 2.45) is 11.8 Å². The van der Waals surface area contributed by atoms with Gasteiger partial charge in [-0.25, -0.2) is 0 Å². The molecule has 2 unspecified atom stereocenters. The van der Waals surface area contributed by atoms with Crippen molar-refractivity contribution in [3.8, 4) is 0 Å². The van der Waals surface area contributed by atoms with E-state index in [0.717, 1.165) is 19.3 Å². The third-order valence-corrected chi connectivity index (χ3v) is 3.17. The van der Waals surface area contributed by atoms with Gasteiger partial charge in [-0.3, -0.25) is 4.79 Å². The molecular formula is C11H16O. The first-order valence-electron chi connectivity index (χ1n) is 5.07. The highest BCUT2D eigenvalue weighted by Gasteiger charge is 2.29. The summed E-state index contributed by atoms with van der Waals surface area (Å²) in [5, 5.41) is 0. The van der Waals surface area contributed by atoms with Gasteiger partial charge in [-0.1, -0.05) is 18.6 Å². The molecule has 0 amide bonds. The van der Waals surface area contributed by atoms with Crippen molar-refractivity contribution in [3.63, 3.8) is 0 Å². The van der Waals surface area contributed by atoms with Crippen LogP contribution < -0.4 is 0 Å². The van der Waals surface area contributed by atoms with Gasteiger partial charge in [0.15, 0.2) is 0 Å². The Bertz CT molecular complexity index is 205. The molecule has 0 aromatic carbocycles. The predicted molar refractivity (Wildman–Crippen MR) is 48.8 cm³/mol. The van der Waals surface area contributed by atoms with Crippen LogP contribution in [0.4, 0.5) is 0 Å². The van der Waals surface area contributed by atoms with Gasteiger partial charge in [0.2, 0.25) is 0 Å². The molecule has 0 aliphatic heterocycles. The molecule has 0 heterocycles. The Labute approximate surface area is 73.8 Å². The normalized spacial score (nSPS) is 35.8. The van der Waals surface area contributed by atoms with Gasteiger partial charge in [0.1, 0.15) is 5.78 Å². The molecule has 1 fully saturated rings. The summed E-state index contributed by atoms with van der Waals surface area (Å²) in [6, 6.07) is 0. The zero-order valence-corrected chi connectivity index (χ0v) is 7.46. The molecule has 0 spiro atoms. The molecule has 0 aromatic heterocycles. The summed E-state index contributed by atoms with van der Waals surface area (Å²) in [6.45, 7) is 0. The zero-order valence-electron chi connectivity index (χ0n) is 7.46. The van der Waals surface area contributed by atoms with Crippen LogP contribution in [0.3, 0.4) is 0 Å². The molecule has 1 saturated carbocycles. The molecular weight excluding hydrogens is 148 g/mol. The molecule has 2 atom stereocenters. The highest BCUT2D eigenvalue weighted by atomic mass is 16.1. The van der Waals surface area contributed by atoms with Crippen molar-refractivity contribution < 1.29 is 4.79 Å². The lowest BCUT2D eigenvalue weighted by molar-refractivity contribution is -0.125. The van der Waals surface area contributed by atoms with Crippen LogP contribution in [0.25, 0.3) is 0 Å². The van der Waals surface area contributed by atoms with E-state index in [-0.39, 0.29) is 0 Å². The van der Waals surface area contributed by atoms with E-state index >= 15 is 0 Å². The Balaban J connectivity index is 2.00. The fraction of sp³-hybridized carbons (Fsp3) is 0.727. The van der Waals surface area contributed by atoms with Crippen molar-refractivity contribution in [2.75, 3.05) is 0 Å². The number of allylic oxidation sites excluding steroid dienone is 2. The summed E-state index contributed by atoms with van der Waals surface area (Å²) in [4.78, 5) is 11.5. The summed E-state index contributed by atoms with van der Waals surface area (Å²) in [6.07, 6.45) is 11.3. The maximum absolute atomic E-state index is 11.5. The Morgan fingerprint density at radius 1 is 1.25 bits per heavy atom. The van der Waals surface area contributed by atoms with Gasteiger partial charge in [-0.15, -0.1) is 0 Å². The number of rotatable bonds is 1. The Kier molecular flexibility index (Phi) is 2.29. The fourth-order valence-electron chi connectivity index (χ4n) is 2.45. The third kappa shape index (κ3) is 1.45. The Hall–Kier alpha value is -0.590. The molecule has 0 radical (unpaired) electrons. The zero-order chi connectivity index (χ0) is 8.39. The van der Waals surface area contributed by atoms with E-state index in [0.29, 0.717) is 17.6 Å². The van der Waals surface area contributed by atoms with Gasteiger partial charge >= 0.3 is 0 Å². The van der Waals surface area contributed by atoms with E-state index in [9.17, 15) is 4.79 Å². The van der Waals surface area contributed by atoms with E-state index < -0.39 is 0 Å². The van der Waals surface area contributed by atoms with Crippen LogP contribution in [0.2, 0.25) is 0 Å². The highest BCUT2D eigenvalue weighted by molar-refractivity contribution is 5.82. The molecule has 1 heteroatoms. The van der Waals surface area contributed by atoms with Crippen LogP contribution in [0, 0.1) is 11.8 Å². The molecule has 0 saturated heterocycles. The molecule has 2 aliphatic rings. The number of Topliss-reactive ketones (excluding diaryl/α,β-unsaturated/α-hetero) is 1. The topological polar surface area (TPSA) is 17.1 Å². The van der Waals surface area contributed by atoms with Crippen LogP contribution in [0.15, 0.2) is 12.2 Å². The van der Waals surface area contributed by atoms with Gasteiger partial charge in [0, 0.05) is 12.3 Å². The molecule has 66 valence electrons. The van der Waals surface area contributed by atoms with Crippen molar-refractivity contribution in [2.45, 2.75) is 38.5 Å². The van der Waals surface area contributed by atoms with E-state index in [1.54, 1.807) is 0 Å². The first-order chi connectivity index (χ1) is 5.88. The summed E-state index contributed by atoms with van der Waals surface area (Å²) in [5.74, 6) is 1.51. The number of hydrogen-bond donors (Lipinski definition) is 0. The Morgan fingerprint density at radius 2 is 2.17 bits per heavy atom. The van der Waals surface area contributed by atoms with Crippen molar-refractivity contribution in [3.05, 3.63) is 12.2 Å². The second-order valence-electron chi connectivity index (χ2n) is 3.99. The average molecular weight is 164 g/mol. The fourth-order valence-corrected chi connectivity index (χ4v) is 2.45. The molecule has 12 heavy (non-hydrogen) atoms. The number of ketones is 1. The lowest BCUT2D eigenvalue weighted by Gasteiger charge is -2.24. The van der Waals surface area contributed by atoms with E-state index in [1.807, 2.05) is 0 Å². The monoisotopic (exact) mass is 164 g/mol. The SMILES string of the molecule is O=C1CCCCC1C1C=CCC1. The second kappa shape index (κ2) is 3.42. The Morgan fingerprint density at radius 3 is 2.83 bits per heavy atom. The van der Waals surface area contributed by atoms with Gasteiger partial charge in [0.25, 0.3) is 0 Å². The van der Waals surface area contributed by atoms with Crippen LogP contribution in [0.1, 0.15) is 38.5 Å². The summed E-state index contributed by atoms with van der Waals surface area (Å²) < 4.78 is 0. The summed E-state index contributed by atoms with van der Waals surface area (Å²) >= 11 is 0. The van der Waals surface area contributed by atoms with E-state index in [1.165, 1.54) is 19.3 Å². The molecule has 0 N–H and O–H groups in total. The van der Waals surface area contributed by atoms with Gasteiger partial charge in [0.05, 0.1) is 0 Å². The maximum atomic E-state index is 11.5. The van der Waals surface area contributed by atoms with Gasteiger partial charge in [-0.05, 0) is 31.6 Å². The molecule has 0 bridgehead atoms. The number of carbonyl (C=O) groups is 1. The summed E-state index contributed by atoms with van der Waals surface area (Å²) in [7, 11) is 0. The van der Waals surface area contributed by atoms with Gasteiger partial charge in [-0.2, -0.15) is 0 Å². The maximum Gasteiger partial charge on any atom is 0.136 e. The summed E-state index contributed by atoms with van der Waals surface area (Å²) in [5.41, 5.74) is 0. The first-order valence-corrected chi connectivity index (χ1v) is 5.07. The molecule has 2 rings (SSSR count). The van der Waals surface area contributed by atoms with Crippen LogP contribution >= 0.6 is 0 Å². The van der Waals surface area contributed by atoms with Crippen LogP contribution in [0.5, 0.6) is 0 Å². The van der Waals surface area contributed by atoms with Gasteiger partial charge < -0.3 is 0 Å². The molecule has 0 aromatic rings. The minimum absolute atomic E-state index is 0.387. The van der Waals surface area contributed by atoms with Crippen LogP contribution in [-0.4, -0.2) is 5.78 Å². The average Bonchev–Trinajstić information content (AvgIpc) is 2.57. The van der Waals surface area contributed by atoms with Crippen molar-refractivity contribution in [1.82, 2.24) is 0 Å². The lowest BCUT2D eigenvalue weighted by atomic mass is 9.79. The molecule has 1 nitrogen and oxygen atoms in total.